The van der Waals surface area contributed by atoms with Gasteiger partial charge in [0, 0.05) is 0 Å². The van der Waals surface area contributed by atoms with E-state index in [1.807, 2.05) is 31.2 Å². The normalized spacial score (nSPS) is 10.5. The Bertz CT molecular complexity index is 846. The van der Waals surface area contributed by atoms with Crippen LogP contribution in [-0.2, 0) is 11.3 Å². The minimum Gasteiger partial charge on any atom is -0.484 e. The lowest BCUT2D eigenvalue weighted by Crippen LogP contribution is -2.29. The molecule has 0 aliphatic heterocycles. The molecule has 2 aromatic carbocycles. The molecule has 25 heavy (non-hydrogen) atoms. The first-order valence-electron chi connectivity index (χ1n) is 7.61. The van der Waals surface area contributed by atoms with Crippen LogP contribution in [0.2, 0.25) is 0 Å². The standard InChI is InChI=1S/C17H16FN5O2/c1-12-2-6-14(7-3-12)23-16(20-21-22-23)10-19-17(24)11-25-15-8-4-13(18)5-9-15/h2-9H,10-11H2,1H3,(H,19,24). The summed E-state index contributed by atoms with van der Waals surface area (Å²) in [4.78, 5) is 11.9. The first kappa shape index (κ1) is 16.6. The highest BCUT2D eigenvalue weighted by molar-refractivity contribution is 5.77. The van der Waals surface area contributed by atoms with Crippen LogP contribution in [0.3, 0.4) is 0 Å². The number of halogens is 1. The smallest absolute Gasteiger partial charge is 0.258 e. The van der Waals surface area contributed by atoms with Gasteiger partial charge in [0.1, 0.15) is 11.6 Å². The summed E-state index contributed by atoms with van der Waals surface area (Å²) in [5.41, 5.74) is 1.94. The molecule has 0 aliphatic carbocycles. The third-order valence-corrected chi connectivity index (χ3v) is 3.44. The van der Waals surface area contributed by atoms with Gasteiger partial charge in [-0.1, -0.05) is 17.7 Å². The molecule has 1 N–H and O–H groups in total. The van der Waals surface area contributed by atoms with E-state index in [1.165, 1.54) is 24.3 Å². The van der Waals surface area contributed by atoms with Crippen LogP contribution in [0.15, 0.2) is 48.5 Å². The van der Waals surface area contributed by atoms with Crippen molar-refractivity contribution < 1.29 is 13.9 Å². The maximum absolute atomic E-state index is 12.8. The van der Waals surface area contributed by atoms with Gasteiger partial charge >= 0.3 is 0 Å². The number of carbonyl (C=O) groups excluding carboxylic acids is 1. The first-order chi connectivity index (χ1) is 12.1. The van der Waals surface area contributed by atoms with E-state index < -0.39 is 0 Å². The van der Waals surface area contributed by atoms with E-state index in [1.54, 1.807) is 4.68 Å². The summed E-state index contributed by atoms with van der Waals surface area (Å²) in [7, 11) is 0. The predicted octanol–water partition coefficient (Wildman–Crippen LogP) is 1.81. The number of tetrazole rings is 1. The molecule has 0 radical (unpaired) electrons. The van der Waals surface area contributed by atoms with E-state index in [0.29, 0.717) is 11.6 Å². The summed E-state index contributed by atoms with van der Waals surface area (Å²) in [5.74, 6) is 0.225. The average molecular weight is 341 g/mol. The molecule has 0 atom stereocenters. The molecule has 0 bridgehead atoms. The van der Waals surface area contributed by atoms with Crippen LogP contribution in [0.4, 0.5) is 4.39 Å². The fourth-order valence-electron chi connectivity index (χ4n) is 2.11. The van der Waals surface area contributed by atoms with Gasteiger partial charge in [0.05, 0.1) is 12.2 Å². The van der Waals surface area contributed by atoms with Gasteiger partial charge in [-0.25, -0.2) is 4.39 Å². The summed E-state index contributed by atoms with van der Waals surface area (Å²) in [6.45, 7) is 1.97. The van der Waals surface area contributed by atoms with Crippen LogP contribution in [0.5, 0.6) is 5.75 Å². The number of hydrogen-bond acceptors (Lipinski definition) is 5. The molecule has 0 aliphatic rings. The van der Waals surface area contributed by atoms with E-state index >= 15 is 0 Å². The molecule has 1 aromatic heterocycles. The minimum absolute atomic E-state index is 0.159. The Balaban J connectivity index is 1.55. The molecular formula is C17H16FN5O2. The van der Waals surface area contributed by atoms with Gasteiger partial charge in [-0.2, -0.15) is 4.68 Å². The van der Waals surface area contributed by atoms with Crippen LogP contribution >= 0.6 is 0 Å². The Hall–Kier alpha value is -3.29. The van der Waals surface area contributed by atoms with E-state index in [-0.39, 0.29) is 24.9 Å². The summed E-state index contributed by atoms with van der Waals surface area (Å²) in [6, 6.07) is 13.2. The first-order valence-corrected chi connectivity index (χ1v) is 7.61. The fraction of sp³-hybridized carbons (Fsp3) is 0.176. The molecule has 1 amide bonds. The van der Waals surface area contributed by atoms with Crippen LogP contribution < -0.4 is 10.1 Å². The number of carbonyl (C=O) groups is 1. The zero-order chi connectivity index (χ0) is 17.6. The Kier molecular flexibility index (Phi) is 4.98. The van der Waals surface area contributed by atoms with Crippen molar-refractivity contribution in [2.45, 2.75) is 13.5 Å². The molecule has 0 unspecified atom stereocenters. The van der Waals surface area contributed by atoms with Gasteiger partial charge in [-0.05, 0) is 53.7 Å². The Morgan fingerprint density at radius 1 is 1.16 bits per heavy atom. The Morgan fingerprint density at radius 2 is 1.88 bits per heavy atom. The van der Waals surface area contributed by atoms with Crippen LogP contribution in [0.25, 0.3) is 5.69 Å². The molecule has 0 spiro atoms. The summed E-state index contributed by atoms with van der Waals surface area (Å²) < 4.78 is 19.6. The predicted molar refractivity (Wildman–Crippen MR) is 87.6 cm³/mol. The average Bonchev–Trinajstić information content (AvgIpc) is 3.09. The van der Waals surface area contributed by atoms with Gasteiger partial charge in [0.15, 0.2) is 12.4 Å². The molecule has 0 fully saturated rings. The molecular weight excluding hydrogens is 325 g/mol. The number of aromatic nitrogens is 4. The van der Waals surface area contributed by atoms with Crippen molar-refractivity contribution >= 4 is 5.91 Å². The second-order valence-electron chi connectivity index (χ2n) is 5.36. The molecule has 1 heterocycles. The van der Waals surface area contributed by atoms with E-state index in [0.717, 1.165) is 11.3 Å². The second kappa shape index (κ2) is 7.52. The summed E-state index contributed by atoms with van der Waals surface area (Å²) in [6.07, 6.45) is 0. The lowest BCUT2D eigenvalue weighted by Gasteiger charge is -2.08. The molecule has 3 rings (SSSR count). The van der Waals surface area contributed by atoms with Crippen LogP contribution in [0.1, 0.15) is 11.4 Å². The second-order valence-corrected chi connectivity index (χ2v) is 5.36. The van der Waals surface area contributed by atoms with Crippen molar-refractivity contribution in [3.63, 3.8) is 0 Å². The van der Waals surface area contributed by atoms with Crippen molar-refractivity contribution in [2.24, 2.45) is 0 Å². The summed E-state index contributed by atoms with van der Waals surface area (Å²) >= 11 is 0. The minimum atomic E-state index is -0.361. The van der Waals surface area contributed by atoms with Gasteiger partial charge in [-0.15, -0.1) is 5.10 Å². The molecule has 0 saturated heterocycles. The lowest BCUT2D eigenvalue weighted by atomic mass is 10.2. The number of benzene rings is 2. The topological polar surface area (TPSA) is 81.9 Å². The van der Waals surface area contributed by atoms with E-state index in [4.69, 9.17) is 4.74 Å². The van der Waals surface area contributed by atoms with Crippen LogP contribution in [-0.4, -0.2) is 32.7 Å². The lowest BCUT2D eigenvalue weighted by molar-refractivity contribution is -0.123. The molecule has 8 heteroatoms. The highest BCUT2D eigenvalue weighted by Crippen LogP contribution is 2.11. The monoisotopic (exact) mass is 341 g/mol. The van der Waals surface area contributed by atoms with E-state index in [2.05, 4.69) is 20.8 Å². The number of nitrogens with zero attached hydrogens (tertiary/aromatic N) is 4. The quantitative estimate of drug-likeness (QED) is 0.739. The number of amides is 1. The van der Waals surface area contributed by atoms with Gasteiger partial charge in [0.2, 0.25) is 0 Å². The zero-order valence-electron chi connectivity index (χ0n) is 13.5. The molecule has 3 aromatic rings. The molecule has 0 saturated carbocycles. The third-order valence-electron chi connectivity index (χ3n) is 3.44. The Morgan fingerprint density at radius 3 is 2.60 bits per heavy atom. The highest BCUT2D eigenvalue weighted by atomic mass is 19.1. The largest absolute Gasteiger partial charge is 0.484 e. The maximum Gasteiger partial charge on any atom is 0.258 e. The number of nitrogens with one attached hydrogen (secondary N) is 1. The van der Waals surface area contributed by atoms with E-state index in [9.17, 15) is 9.18 Å². The maximum atomic E-state index is 12.8. The van der Waals surface area contributed by atoms with Gasteiger partial charge in [0.25, 0.3) is 5.91 Å². The highest BCUT2D eigenvalue weighted by Gasteiger charge is 2.10. The Labute approximate surface area is 143 Å². The SMILES string of the molecule is Cc1ccc(-n2nnnc2CNC(=O)COc2ccc(F)cc2)cc1. The van der Waals surface area contributed by atoms with Gasteiger partial charge < -0.3 is 10.1 Å². The van der Waals surface area contributed by atoms with Crippen molar-refractivity contribution in [3.05, 3.63) is 65.7 Å². The third kappa shape index (κ3) is 4.37. The number of aryl methyl sites for hydroxylation is 1. The van der Waals surface area contributed by atoms with Gasteiger partial charge in [-0.3, -0.25) is 4.79 Å². The van der Waals surface area contributed by atoms with Crippen molar-refractivity contribution in [3.8, 4) is 11.4 Å². The number of ether oxygens (including phenoxy) is 1. The number of rotatable bonds is 6. The molecule has 7 nitrogen and oxygen atoms in total. The molecule has 128 valence electrons. The van der Waals surface area contributed by atoms with Crippen molar-refractivity contribution in [1.29, 1.82) is 0 Å². The van der Waals surface area contributed by atoms with Crippen molar-refractivity contribution in [1.82, 2.24) is 25.5 Å². The number of hydrogen-bond donors (Lipinski definition) is 1. The fourth-order valence-corrected chi connectivity index (χ4v) is 2.11. The zero-order valence-corrected chi connectivity index (χ0v) is 13.5. The van der Waals surface area contributed by atoms with Crippen molar-refractivity contribution in [2.75, 3.05) is 6.61 Å². The van der Waals surface area contributed by atoms with Crippen LogP contribution in [0, 0.1) is 12.7 Å². The summed E-state index contributed by atoms with van der Waals surface area (Å²) in [5, 5.41) is 14.2.